The minimum atomic E-state index is 0.320. The molecule has 5 nitrogen and oxygen atoms in total. The minimum Gasteiger partial charge on any atom is -0.339 e. The fourth-order valence-corrected chi connectivity index (χ4v) is 2.79. The van der Waals surface area contributed by atoms with Crippen molar-refractivity contribution in [3.05, 3.63) is 0 Å². The number of rotatable bonds is 7. The van der Waals surface area contributed by atoms with Crippen LogP contribution in [0.3, 0.4) is 0 Å². The van der Waals surface area contributed by atoms with Crippen molar-refractivity contribution in [2.45, 2.75) is 32.2 Å². The first-order valence-electron chi connectivity index (χ1n) is 7.68. The van der Waals surface area contributed by atoms with Crippen molar-refractivity contribution < 1.29 is 4.79 Å². The second-order valence-electron chi connectivity index (χ2n) is 5.67. The summed E-state index contributed by atoms with van der Waals surface area (Å²) in [4.78, 5) is 19.0. The van der Waals surface area contributed by atoms with Gasteiger partial charge in [-0.2, -0.15) is 0 Å². The zero-order valence-corrected chi connectivity index (χ0v) is 12.2. The topological polar surface area (TPSA) is 52.8 Å². The number of nitrogens with zero attached hydrogens (tertiary/aromatic N) is 3. The van der Waals surface area contributed by atoms with Gasteiger partial charge in [-0.1, -0.05) is 0 Å². The van der Waals surface area contributed by atoms with Crippen LogP contribution in [0.4, 0.5) is 0 Å². The molecular weight excluding hydrogens is 240 g/mol. The number of hydrogen-bond acceptors (Lipinski definition) is 4. The molecule has 0 aromatic heterocycles. The molecule has 1 saturated carbocycles. The molecule has 19 heavy (non-hydrogen) atoms. The van der Waals surface area contributed by atoms with Gasteiger partial charge < -0.3 is 15.5 Å². The van der Waals surface area contributed by atoms with Crippen molar-refractivity contribution in [2.24, 2.45) is 5.73 Å². The molecule has 1 amide bonds. The highest BCUT2D eigenvalue weighted by atomic mass is 16.2. The molecular formula is C14H28N4O. The highest BCUT2D eigenvalue weighted by molar-refractivity contribution is 5.78. The molecule has 2 rings (SSSR count). The maximum Gasteiger partial charge on any atom is 0.236 e. The third-order valence-electron chi connectivity index (χ3n) is 4.15. The third kappa shape index (κ3) is 4.44. The van der Waals surface area contributed by atoms with Crippen LogP contribution in [0.15, 0.2) is 0 Å². The van der Waals surface area contributed by atoms with Crippen molar-refractivity contribution in [1.82, 2.24) is 14.7 Å². The fourth-order valence-electron chi connectivity index (χ4n) is 2.79. The molecule has 0 aromatic rings. The Morgan fingerprint density at radius 2 is 1.84 bits per heavy atom. The second-order valence-corrected chi connectivity index (χ2v) is 5.67. The SMILES string of the molecule is CCN(C(=O)CN1CCN(CCCN)CC1)C1CC1. The summed E-state index contributed by atoms with van der Waals surface area (Å²) in [6.07, 6.45) is 3.48. The minimum absolute atomic E-state index is 0.320. The number of amides is 1. The molecule has 2 N–H and O–H groups in total. The average Bonchev–Trinajstić information content (AvgIpc) is 3.23. The zero-order valence-electron chi connectivity index (χ0n) is 12.2. The molecule has 5 heteroatoms. The molecule has 2 aliphatic rings. The Labute approximate surface area is 116 Å². The maximum absolute atomic E-state index is 12.2. The van der Waals surface area contributed by atoms with Crippen LogP contribution >= 0.6 is 0 Å². The van der Waals surface area contributed by atoms with E-state index in [1.165, 1.54) is 12.8 Å². The Morgan fingerprint density at radius 1 is 1.21 bits per heavy atom. The molecule has 1 aliphatic heterocycles. The summed E-state index contributed by atoms with van der Waals surface area (Å²) < 4.78 is 0. The van der Waals surface area contributed by atoms with Crippen LogP contribution in [0.25, 0.3) is 0 Å². The van der Waals surface area contributed by atoms with Crippen molar-refractivity contribution in [3.63, 3.8) is 0 Å². The van der Waals surface area contributed by atoms with Gasteiger partial charge in [0, 0.05) is 38.8 Å². The maximum atomic E-state index is 12.2. The quantitative estimate of drug-likeness (QED) is 0.704. The monoisotopic (exact) mass is 268 g/mol. The lowest BCUT2D eigenvalue weighted by atomic mass is 10.2. The van der Waals surface area contributed by atoms with Gasteiger partial charge in [0.1, 0.15) is 0 Å². The standard InChI is InChI=1S/C14H28N4O/c1-2-18(13-4-5-13)14(19)12-17-10-8-16(9-11-17)7-3-6-15/h13H,2-12,15H2,1H3. The zero-order chi connectivity index (χ0) is 13.7. The first-order valence-corrected chi connectivity index (χ1v) is 7.68. The Balaban J connectivity index is 1.68. The Kier molecular flexibility index (Phi) is 5.60. The van der Waals surface area contributed by atoms with Crippen LogP contribution < -0.4 is 5.73 Å². The predicted molar refractivity (Wildman–Crippen MR) is 77.0 cm³/mol. The summed E-state index contributed by atoms with van der Waals surface area (Å²) in [6.45, 7) is 9.59. The number of likely N-dealkylation sites (N-methyl/N-ethyl adjacent to an activating group) is 1. The van der Waals surface area contributed by atoms with E-state index in [2.05, 4.69) is 21.6 Å². The summed E-state index contributed by atoms with van der Waals surface area (Å²) in [5.41, 5.74) is 5.53. The summed E-state index contributed by atoms with van der Waals surface area (Å²) >= 11 is 0. The lowest BCUT2D eigenvalue weighted by Crippen LogP contribution is -2.50. The van der Waals surface area contributed by atoms with E-state index >= 15 is 0 Å². The molecule has 0 atom stereocenters. The summed E-state index contributed by atoms with van der Waals surface area (Å²) in [5, 5.41) is 0. The number of nitrogens with two attached hydrogens (primary N) is 1. The largest absolute Gasteiger partial charge is 0.339 e. The van der Waals surface area contributed by atoms with E-state index in [1.54, 1.807) is 0 Å². The first kappa shape index (κ1) is 14.8. The van der Waals surface area contributed by atoms with E-state index in [0.717, 1.165) is 52.2 Å². The summed E-state index contributed by atoms with van der Waals surface area (Å²) in [6, 6.07) is 0.545. The third-order valence-corrected chi connectivity index (χ3v) is 4.15. The van der Waals surface area contributed by atoms with Gasteiger partial charge in [0.15, 0.2) is 0 Å². The van der Waals surface area contributed by atoms with Crippen molar-refractivity contribution >= 4 is 5.91 Å². The van der Waals surface area contributed by atoms with Gasteiger partial charge in [0.2, 0.25) is 5.91 Å². The summed E-state index contributed by atoms with van der Waals surface area (Å²) in [7, 11) is 0. The van der Waals surface area contributed by atoms with Gasteiger partial charge in [0.05, 0.1) is 6.54 Å². The number of hydrogen-bond donors (Lipinski definition) is 1. The molecule has 0 unspecified atom stereocenters. The highest BCUT2D eigenvalue weighted by Gasteiger charge is 2.32. The first-order chi connectivity index (χ1) is 9.24. The van der Waals surface area contributed by atoms with E-state index in [4.69, 9.17) is 5.73 Å². The van der Waals surface area contributed by atoms with Gasteiger partial charge in [-0.25, -0.2) is 0 Å². The fraction of sp³-hybridized carbons (Fsp3) is 0.929. The van der Waals surface area contributed by atoms with Gasteiger partial charge in [0.25, 0.3) is 0 Å². The van der Waals surface area contributed by atoms with Crippen molar-refractivity contribution in [2.75, 3.05) is 52.4 Å². The number of piperazine rings is 1. The lowest BCUT2D eigenvalue weighted by molar-refractivity contribution is -0.133. The van der Waals surface area contributed by atoms with Crippen LogP contribution in [-0.2, 0) is 4.79 Å². The Bertz CT molecular complexity index is 285. The molecule has 1 saturated heterocycles. The highest BCUT2D eigenvalue weighted by Crippen LogP contribution is 2.26. The molecule has 1 aliphatic carbocycles. The normalized spacial score (nSPS) is 21.6. The second kappa shape index (κ2) is 7.22. The molecule has 2 fully saturated rings. The molecule has 0 bridgehead atoms. The smallest absolute Gasteiger partial charge is 0.236 e. The molecule has 0 aromatic carbocycles. The van der Waals surface area contributed by atoms with Crippen LogP contribution in [0.2, 0.25) is 0 Å². The summed E-state index contributed by atoms with van der Waals surface area (Å²) in [5.74, 6) is 0.320. The van der Waals surface area contributed by atoms with E-state index in [9.17, 15) is 4.79 Å². The van der Waals surface area contributed by atoms with Gasteiger partial charge in [-0.05, 0) is 39.3 Å². The van der Waals surface area contributed by atoms with E-state index in [1.807, 2.05) is 0 Å². The van der Waals surface area contributed by atoms with Crippen LogP contribution in [0, 0.1) is 0 Å². The van der Waals surface area contributed by atoms with E-state index < -0.39 is 0 Å². The number of carbonyl (C=O) groups is 1. The van der Waals surface area contributed by atoms with Crippen molar-refractivity contribution in [3.8, 4) is 0 Å². The average molecular weight is 268 g/mol. The van der Waals surface area contributed by atoms with Crippen LogP contribution in [0.1, 0.15) is 26.2 Å². The van der Waals surface area contributed by atoms with Gasteiger partial charge in [-0.3, -0.25) is 9.69 Å². The molecule has 110 valence electrons. The molecule has 0 spiro atoms. The van der Waals surface area contributed by atoms with Gasteiger partial charge in [-0.15, -0.1) is 0 Å². The van der Waals surface area contributed by atoms with E-state index in [-0.39, 0.29) is 0 Å². The van der Waals surface area contributed by atoms with E-state index in [0.29, 0.717) is 18.5 Å². The predicted octanol–water partition coefficient (Wildman–Crippen LogP) is -0.0363. The lowest BCUT2D eigenvalue weighted by Gasteiger charge is -2.35. The number of carbonyl (C=O) groups excluding carboxylic acids is 1. The Morgan fingerprint density at radius 3 is 2.37 bits per heavy atom. The van der Waals surface area contributed by atoms with Crippen LogP contribution in [0.5, 0.6) is 0 Å². The molecule has 1 heterocycles. The molecule has 0 radical (unpaired) electrons. The van der Waals surface area contributed by atoms with Gasteiger partial charge >= 0.3 is 0 Å². The van der Waals surface area contributed by atoms with Crippen LogP contribution in [-0.4, -0.2) is 79.0 Å². The Hall–Kier alpha value is -0.650. The van der Waals surface area contributed by atoms with Crippen molar-refractivity contribution in [1.29, 1.82) is 0 Å².